The molecule has 3 aromatic rings. The van der Waals surface area contributed by atoms with Crippen LogP contribution < -0.4 is 10.6 Å². The Labute approximate surface area is 167 Å². The molecule has 3 rings (SSSR count). The smallest absolute Gasteiger partial charge is 0.251 e. The summed E-state index contributed by atoms with van der Waals surface area (Å²) in [6, 6.07) is 11.0. The molecule has 0 bridgehead atoms. The second kappa shape index (κ2) is 9.05. The van der Waals surface area contributed by atoms with Gasteiger partial charge in [-0.1, -0.05) is 6.07 Å². The van der Waals surface area contributed by atoms with E-state index in [2.05, 4.69) is 26.0 Å². The zero-order valence-electron chi connectivity index (χ0n) is 16.1. The first-order chi connectivity index (χ1) is 14.0. The van der Waals surface area contributed by atoms with Crippen molar-refractivity contribution in [1.82, 2.24) is 25.5 Å². The number of rotatable bonds is 7. The lowest BCUT2D eigenvalue weighted by atomic mass is 10.1. The standard InChI is InChI=1S/C20H21FN6O2/c1-13-16(20(29)22-2)5-3-6-17(13)23-18(28)7-4-12-27-25-19(24-26-27)14-8-10-15(21)11-9-14/h3,5-6,8-11H,4,7,12H2,1-2H3,(H,22,29)(H,23,28). The second-order valence-corrected chi connectivity index (χ2v) is 6.42. The Morgan fingerprint density at radius 3 is 2.62 bits per heavy atom. The Hall–Kier alpha value is -3.62. The summed E-state index contributed by atoms with van der Waals surface area (Å²) in [4.78, 5) is 25.5. The van der Waals surface area contributed by atoms with Crippen LogP contribution in [0.1, 0.15) is 28.8 Å². The first-order valence-electron chi connectivity index (χ1n) is 9.13. The Kier molecular flexibility index (Phi) is 6.28. The molecule has 0 aliphatic heterocycles. The van der Waals surface area contributed by atoms with Crippen LogP contribution in [0.5, 0.6) is 0 Å². The summed E-state index contributed by atoms with van der Waals surface area (Å²) in [5.41, 5.74) is 2.50. The zero-order chi connectivity index (χ0) is 20.8. The summed E-state index contributed by atoms with van der Waals surface area (Å²) in [7, 11) is 1.56. The van der Waals surface area contributed by atoms with Crippen LogP contribution in [0.3, 0.4) is 0 Å². The Balaban J connectivity index is 1.53. The van der Waals surface area contributed by atoms with Gasteiger partial charge in [0, 0.05) is 30.3 Å². The van der Waals surface area contributed by atoms with Crippen LogP contribution in [0, 0.1) is 12.7 Å². The third-order valence-corrected chi connectivity index (χ3v) is 4.40. The lowest BCUT2D eigenvalue weighted by Gasteiger charge is -2.11. The Bertz CT molecular complexity index is 1020. The van der Waals surface area contributed by atoms with Gasteiger partial charge in [-0.15, -0.1) is 10.2 Å². The van der Waals surface area contributed by atoms with E-state index in [0.717, 1.165) is 0 Å². The number of tetrazole rings is 1. The van der Waals surface area contributed by atoms with Crippen molar-refractivity contribution < 1.29 is 14.0 Å². The van der Waals surface area contributed by atoms with E-state index in [9.17, 15) is 14.0 Å². The zero-order valence-corrected chi connectivity index (χ0v) is 16.1. The fraction of sp³-hybridized carbons (Fsp3) is 0.250. The van der Waals surface area contributed by atoms with Gasteiger partial charge in [-0.3, -0.25) is 9.59 Å². The van der Waals surface area contributed by atoms with E-state index >= 15 is 0 Å². The number of carbonyl (C=O) groups is 2. The SMILES string of the molecule is CNC(=O)c1cccc(NC(=O)CCCn2nnc(-c3ccc(F)cc3)n2)c1C. The number of aromatic nitrogens is 4. The van der Waals surface area contributed by atoms with Gasteiger partial charge in [-0.25, -0.2) is 4.39 Å². The number of hydrogen-bond acceptors (Lipinski definition) is 5. The molecule has 1 aromatic heterocycles. The molecule has 0 saturated heterocycles. The molecular formula is C20H21FN6O2. The van der Waals surface area contributed by atoms with Crippen molar-refractivity contribution in [3.8, 4) is 11.4 Å². The number of aryl methyl sites for hydroxylation is 1. The largest absolute Gasteiger partial charge is 0.355 e. The Morgan fingerprint density at radius 2 is 1.90 bits per heavy atom. The molecule has 1 heterocycles. The van der Waals surface area contributed by atoms with Gasteiger partial charge in [0.25, 0.3) is 5.91 Å². The second-order valence-electron chi connectivity index (χ2n) is 6.42. The van der Waals surface area contributed by atoms with Gasteiger partial charge in [0.2, 0.25) is 11.7 Å². The van der Waals surface area contributed by atoms with Gasteiger partial charge in [0.15, 0.2) is 0 Å². The highest BCUT2D eigenvalue weighted by atomic mass is 19.1. The third kappa shape index (κ3) is 5.01. The number of anilines is 1. The van der Waals surface area contributed by atoms with Gasteiger partial charge in [0.05, 0.1) is 6.54 Å². The third-order valence-electron chi connectivity index (χ3n) is 4.40. The van der Waals surface area contributed by atoms with Gasteiger partial charge in [-0.05, 0) is 60.5 Å². The van der Waals surface area contributed by atoms with Gasteiger partial charge in [0.1, 0.15) is 5.82 Å². The van der Waals surface area contributed by atoms with Crippen LogP contribution in [-0.2, 0) is 11.3 Å². The first kappa shape index (κ1) is 20.1. The molecule has 29 heavy (non-hydrogen) atoms. The minimum absolute atomic E-state index is 0.166. The molecule has 2 aromatic carbocycles. The molecule has 0 fully saturated rings. The molecule has 0 spiro atoms. The maximum Gasteiger partial charge on any atom is 0.251 e. The summed E-state index contributed by atoms with van der Waals surface area (Å²) in [6.07, 6.45) is 0.774. The number of amides is 2. The summed E-state index contributed by atoms with van der Waals surface area (Å²) >= 11 is 0. The number of benzene rings is 2. The Morgan fingerprint density at radius 1 is 1.14 bits per heavy atom. The van der Waals surface area contributed by atoms with Gasteiger partial charge in [-0.2, -0.15) is 4.80 Å². The van der Waals surface area contributed by atoms with Crippen molar-refractivity contribution in [3.05, 3.63) is 59.4 Å². The average Bonchev–Trinajstić information content (AvgIpc) is 3.18. The fourth-order valence-electron chi connectivity index (χ4n) is 2.80. The van der Waals surface area contributed by atoms with Crippen molar-refractivity contribution >= 4 is 17.5 Å². The number of nitrogens with one attached hydrogen (secondary N) is 2. The molecule has 0 aliphatic carbocycles. The monoisotopic (exact) mass is 396 g/mol. The highest BCUT2D eigenvalue weighted by Crippen LogP contribution is 2.19. The van der Waals surface area contributed by atoms with E-state index in [-0.39, 0.29) is 24.1 Å². The van der Waals surface area contributed by atoms with Crippen LogP contribution in [0.15, 0.2) is 42.5 Å². The highest BCUT2D eigenvalue weighted by molar-refractivity contribution is 5.99. The number of hydrogen-bond donors (Lipinski definition) is 2. The van der Waals surface area contributed by atoms with Crippen LogP contribution in [0.4, 0.5) is 10.1 Å². The lowest BCUT2D eigenvalue weighted by Crippen LogP contribution is -2.20. The lowest BCUT2D eigenvalue weighted by molar-refractivity contribution is -0.116. The first-order valence-corrected chi connectivity index (χ1v) is 9.13. The molecule has 0 aliphatic rings. The summed E-state index contributed by atoms with van der Waals surface area (Å²) in [5.74, 6) is -0.298. The highest BCUT2D eigenvalue weighted by Gasteiger charge is 2.12. The maximum atomic E-state index is 13.0. The number of halogens is 1. The van der Waals surface area contributed by atoms with Crippen LogP contribution in [0.25, 0.3) is 11.4 Å². The van der Waals surface area contributed by atoms with Crippen molar-refractivity contribution in [1.29, 1.82) is 0 Å². The minimum Gasteiger partial charge on any atom is -0.355 e. The van der Waals surface area contributed by atoms with Crippen molar-refractivity contribution in [2.24, 2.45) is 0 Å². The fourth-order valence-corrected chi connectivity index (χ4v) is 2.80. The maximum absolute atomic E-state index is 13.0. The molecule has 0 atom stereocenters. The molecule has 0 unspecified atom stereocenters. The van der Waals surface area contributed by atoms with Gasteiger partial charge >= 0.3 is 0 Å². The van der Waals surface area contributed by atoms with Crippen LogP contribution >= 0.6 is 0 Å². The van der Waals surface area contributed by atoms with E-state index < -0.39 is 0 Å². The summed E-state index contributed by atoms with van der Waals surface area (Å²) in [5, 5.41) is 17.6. The molecule has 0 saturated carbocycles. The van der Waals surface area contributed by atoms with E-state index in [1.807, 2.05) is 0 Å². The molecule has 9 heteroatoms. The molecule has 0 radical (unpaired) electrons. The van der Waals surface area contributed by atoms with Gasteiger partial charge < -0.3 is 10.6 Å². The topological polar surface area (TPSA) is 102 Å². The quantitative estimate of drug-likeness (QED) is 0.639. The van der Waals surface area contributed by atoms with Crippen LogP contribution in [0.2, 0.25) is 0 Å². The van der Waals surface area contributed by atoms with Crippen molar-refractivity contribution in [2.75, 3.05) is 12.4 Å². The van der Waals surface area contributed by atoms with Crippen molar-refractivity contribution in [3.63, 3.8) is 0 Å². The molecule has 2 N–H and O–H groups in total. The molecule has 150 valence electrons. The molecule has 2 amide bonds. The predicted molar refractivity (Wildman–Crippen MR) is 106 cm³/mol. The summed E-state index contributed by atoms with van der Waals surface area (Å²) < 4.78 is 13.0. The van der Waals surface area contributed by atoms with Crippen molar-refractivity contribution in [2.45, 2.75) is 26.3 Å². The molecule has 8 nitrogen and oxygen atoms in total. The number of nitrogens with zero attached hydrogens (tertiary/aromatic N) is 4. The van der Waals surface area contributed by atoms with E-state index in [0.29, 0.717) is 41.2 Å². The van der Waals surface area contributed by atoms with Crippen LogP contribution in [-0.4, -0.2) is 39.1 Å². The minimum atomic E-state index is -0.330. The van der Waals surface area contributed by atoms with E-state index in [1.54, 1.807) is 44.3 Å². The number of carbonyl (C=O) groups excluding carboxylic acids is 2. The summed E-state index contributed by atoms with van der Waals surface area (Å²) in [6.45, 7) is 2.20. The normalized spacial score (nSPS) is 10.6. The van der Waals surface area contributed by atoms with E-state index in [1.165, 1.54) is 16.9 Å². The average molecular weight is 396 g/mol. The van der Waals surface area contributed by atoms with E-state index in [4.69, 9.17) is 0 Å². The predicted octanol–water partition coefficient (Wildman–Crippen LogP) is 2.57. The molecular weight excluding hydrogens is 375 g/mol.